The third-order valence-corrected chi connectivity index (χ3v) is 5.53. The van der Waals surface area contributed by atoms with Gasteiger partial charge < -0.3 is 19.3 Å². The first kappa shape index (κ1) is 21.2. The smallest absolute Gasteiger partial charge is 0.306 e. The van der Waals surface area contributed by atoms with Crippen molar-refractivity contribution >= 4 is 11.7 Å². The Morgan fingerprint density at radius 3 is 2.38 bits per heavy atom. The maximum absolute atomic E-state index is 11.9. The first-order valence-electron chi connectivity index (χ1n) is 10.6. The summed E-state index contributed by atoms with van der Waals surface area (Å²) in [6.07, 6.45) is 0.954. The Kier molecular flexibility index (Phi) is 7.53. The SMILES string of the molecule is CCOC(=O)CCc1cc(N2CCN(CC)CC2)cc(-c2ccccc2)c1OC. The first-order chi connectivity index (χ1) is 14.2. The van der Waals surface area contributed by atoms with Crippen LogP contribution in [-0.4, -0.2) is 57.3 Å². The molecule has 0 amide bonds. The largest absolute Gasteiger partial charge is 0.496 e. The number of rotatable bonds is 8. The Morgan fingerprint density at radius 2 is 1.76 bits per heavy atom. The van der Waals surface area contributed by atoms with Crippen LogP contribution in [0.2, 0.25) is 0 Å². The Bertz CT molecular complexity index is 799. The summed E-state index contributed by atoms with van der Waals surface area (Å²) >= 11 is 0. The Balaban J connectivity index is 1.95. The second kappa shape index (κ2) is 10.3. The molecule has 0 spiro atoms. The molecular formula is C24H32N2O3. The molecule has 1 heterocycles. The van der Waals surface area contributed by atoms with Gasteiger partial charge in [-0.25, -0.2) is 0 Å². The van der Waals surface area contributed by atoms with E-state index in [0.29, 0.717) is 19.4 Å². The number of benzene rings is 2. The summed E-state index contributed by atoms with van der Waals surface area (Å²) in [6, 6.07) is 14.7. The minimum absolute atomic E-state index is 0.169. The van der Waals surface area contributed by atoms with Crippen LogP contribution in [-0.2, 0) is 16.0 Å². The second-order valence-electron chi connectivity index (χ2n) is 7.28. The zero-order valence-corrected chi connectivity index (χ0v) is 17.8. The number of hydrogen-bond acceptors (Lipinski definition) is 5. The number of likely N-dealkylation sites (N-methyl/N-ethyl adjacent to an activating group) is 1. The number of piperazine rings is 1. The molecule has 0 N–H and O–H groups in total. The molecule has 5 nitrogen and oxygen atoms in total. The summed E-state index contributed by atoms with van der Waals surface area (Å²) in [5, 5.41) is 0. The van der Waals surface area contributed by atoms with E-state index in [9.17, 15) is 4.79 Å². The summed E-state index contributed by atoms with van der Waals surface area (Å²) in [7, 11) is 1.70. The van der Waals surface area contributed by atoms with Gasteiger partial charge >= 0.3 is 5.97 Å². The van der Waals surface area contributed by atoms with Gasteiger partial charge in [-0.15, -0.1) is 0 Å². The topological polar surface area (TPSA) is 42.0 Å². The van der Waals surface area contributed by atoms with Crippen LogP contribution in [0.5, 0.6) is 5.75 Å². The number of hydrogen-bond donors (Lipinski definition) is 0. The summed E-state index contributed by atoms with van der Waals surface area (Å²) in [6.45, 7) is 9.70. The van der Waals surface area contributed by atoms with E-state index in [1.54, 1.807) is 7.11 Å². The van der Waals surface area contributed by atoms with E-state index >= 15 is 0 Å². The van der Waals surface area contributed by atoms with Crippen molar-refractivity contribution in [1.82, 2.24) is 4.90 Å². The van der Waals surface area contributed by atoms with Crippen LogP contribution in [0.4, 0.5) is 5.69 Å². The van der Waals surface area contributed by atoms with Crippen molar-refractivity contribution in [2.24, 2.45) is 0 Å². The van der Waals surface area contributed by atoms with E-state index in [2.05, 4.69) is 41.0 Å². The number of esters is 1. The average Bonchev–Trinajstić information content (AvgIpc) is 2.78. The normalized spacial score (nSPS) is 14.7. The summed E-state index contributed by atoms with van der Waals surface area (Å²) < 4.78 is 10.9. The van der Waals surface area contributed by atoms with Gasteiger partial charge in [0.25, 0.3) is 0 Å². The van der Waals surface area contributed by atoms with Gasteiger partial charge in [-0.3, -0.25) is 4.79 Å². The van der Waals surface area contributed by atoms with Crippen molar-refractivity contribution in [2.45, 2.75) is 26.7 Å². The molecule has 0 atom stereocenters. The second-order valence-corrected chi connectivity index (χ2v) is 7.28. The maximum Gasteiger partial charge on any atom is 0.306 e. The number of anilines is 1. The van der Waals surface area contributed by atoms with Crippen LogP contribution in [0.3, 0.4) is 0 Å². The Labute approximate surface area is 174 Å². The van der Waals surface area contributed by atoms with E-state index in [-0.39, 0.29) is 5.97 Å². The van der Waals surface area contributed by atoms with Gasteiger partial charge in [0, 0.05) is 43.9 Å². The molecule has 0 bridgehead atoms. The lowest BCUT2D eigenvalue weighted by Crippen LogP contribution is -2.46. The number of methoxy groups -OCH3 is 1. The summed E-state index contributed by atoms with van der Waals surface area (Å²) in [4.78, 5) is 16.9. The van der Waals surface area contributed by atoms with Gasteiger partial charge in [0.1, 0.15) is 5.75 Å². The van der Waals surface area contributed by atoms with Gasteiger partial charge in [0.05, 0.1) is 13.7 Å². The first-order valence-corrected chi connectivity index (χ1v) is 10.6. The van der Waals surface area contributed by atoms with Crippen molar-refractivity contribution in [2.75, 3.05) is 51.3 Å². The zero-order valence-electron chi connectivity index (χ0n) is 17.8. The zero-order chi connectivity index (χ0) is 20.6. The summed E-state index contributed by atoms with van der Waals surface area (Å²) in [5.74, 6) is 0.675. The van der Waals surface area contributed by atoms with Crippen LogP contribution in [0.25, 0.3) is 11.1 Å². The third kappa shape index (κ3) is 5.30. The molecule has 1 aliphatic heterocycles. The van der Waals surface area contributed by atoms with Crippen LogP contribution < -0.4 is 9.64 Å². The van der Waals surface area contributed by atoms with Crippen molar-refractivity contribution in [1.29, 1.82) is 0 Å². The molecular weight excluding hydrogens is 364 g/mol. The molecule has 0 radical (unpaired) electrons. The van der Waals surface area contributed by atoms with Crippen molar-refractivity contribution < 1.29 is 14.3 Å². The number of aryl methyl sites for hydroxylation is 1. The number of nitrogens with zero attached hydrogens (tertiary/aromatic N) is 2. The highest BCUT2D eigenvalue weighted by atomic mass is 16.5. The molecule has 1 fully saturated rings. The van der Waals surface area contributed by atoms with Crippen molar-refractivity contribution in [3.8, 4) is 16.9 Å². The molecule has 0 aliphatic carbocycles. The molecule has 5 heteroatoms. The standard InChI is InChI=1S/C24H32N2O3/c1-4-25-13-15-26(16-14-25)21-17-20(11-12-23(27)29-5-2)24(28-3)22(18-21)19-9-7-6-8-10-19/h6-10,17-18H,4-5,11-16H2,1-3H3. The van der Waals surface area contributed by atoms with Crippen molar-refractivity contribution in [3.05, 3.63) is 48.0 Å². The molecule has 0 unspecified atom stereocenters. The van der Waals surface area contributed by atoms with Gasteiger partial charge in [0.15, 0.2) is 0 Å². The van der Waals surface area contributed by atoms with Crippen LogP contribution in [0.15, 0.2) is 42.5 Å². The fourth-order valence-corrected chi connectivity index (χ4v) is 3.91. The third-order valence-electron chi connectivity index (χ3n) is 5.53. The van der Waals surface area contributed by atoms with Gasteiger partial charge in [0.2, 0.25) is 0 Å². The molecule has 2 aromatic carbocycles. The lowest BCUT2D eigenvalue weighted by molar-refractivity contribution is -0.143. The van der Waals surface area contributed by atoms with E-state index in [1.807, 2.05) is 25.1 Å². The molecule has 3 rings (SSSR count). The van der Waals surface area contributed by atoms with E-state index in [0.717, 1.165) is 55.2 Å². The fourth-order valence-electron chi connectivity index (χ4n) is 3.91. The molecule has 1 saturated heterocycles. The number of carbonyl (C=O) groups is 1. The minimum Gasteiger partial charge on any atom is -0.496 e. The van der Waals surface area contributed by atoms with Gasteiger partial charge in [-0.2, -0.15) is 0 Å². The predicted molar refractivity (Wildman–Crippen MR) is 118 cm³/mol. The Hall–Kier alpha value is -2.53. The van der Waals surface area contributed by atoms with Gasteiger partial charge in [-0.05, 0) is 43.1 Å². The molecule has 29 heavy (non-hydrogen) atoms. The van der Waals surface area contributed by atoms with E-state index in [1.165, 1.54) is 5.69 Å². The highest BCUT2D eigenvalue weighted by Gasteiger charge is 2.20. The number of ether oxygens (including phenoxy) is 2. The van der Waals surface area contributed by atoms with Crippen LogP contribution >= 0.6 is 0 Å². The minimum atomic E-state index is -0.169. The lowest BCUT2D eigenvalue weighted by Gasteiger charge is -2.36. The van der Waals surface area contributed by atoms with Crippen LogP contribution in [0, 0.1) is 0 Å². The molecule has 1 aliphatic rings. The monoisotopic (exact) mass is 396 g/mol. The fraction of sp³-hybridized carbons (Fsp3) is 0.458. The Morgan fingerprint density at radius 1 is 1.03 bits per heavy atom. The molecule has 156 valence electrons. The average molecular weight is 397 g/mol. The molecule has 0 saturated carbocycles. The quantitative estimate of drug-likeness (QED) is 0.631. The van der Waals surface area contributed by atoms with E-state index in [4.69, 9.17) is 9.47 Å². The maximum atomic E-state index is 11.9. The summed E-state index contributed by atoms with van der Waals surface area (Å²) in [5.41, 5.74) is 4.44. The lowest BCUT2D eigenvalue weighted by atomic mass is 9.97. The van der Waals surface area contributed by atoms with Crippen molar-refractivity contribution in [3.63, 3.8) is 0 Å². The highest BCUT2D eigenvalue weighted by molar-refractivity contribution is 5.78. The van der Waals surface area contributed by atoms with Crippen LogP contribution in [0.1, 0.15) is 25.8 Å². The van der Waals surface area contributed by atoms with Gasteiger partial charge in [-0.1, -0.05) is 37.3 Å². The number of carbonyl (C=O) groups excluding carboxylic acids is 1. The highest BCUT2D eigenvalue weighted by Crippen LogP contribution is 2.38. The predicted octanol–water partition coefficient (Wildman–Crippen LogP) is 4.00. The molecule has 2 aromatic rings. The van der Waals surface area contributed by atoms with E-state index < -0.39 is 0 Å². The molecule has 0 aromatic heterocycles.